The fourth-order valence-electron chi connectivity index (χ4n) is 1.45. The number of nitrogens with one attached hydrogen (secondary N) is 1. The first-order chi connectivity index (χ1) is 8.04. The van der Waals surface area contributed by atoms with Gasteiger partial charge in [-0.1, -0.05) is 19.8 Å². The summed E-state index contributed by atoms with van der Waals surface area (Å²) in [7, 11) is 0. The number of hydrogen-bond donors (Lipinski definition) is 1. The molecule has 0 fully saturated rings. The summed E-state index contributed by atoms with van der Waals surface area (Å²) < 4.78 is 0. The fourth-order valence-corrected chi connectivity index (χ4v) is 2.35. The zero-order chi connectivity index (χ0) is 12.8. The number of unbranched alkanes of at least 4 members (excludes halogenated alkanes) is 2. The number of amides is 1. The van der Waals surface area contributed by atoms with Gasteiger partial charge in [0.15, 0.2) is 5.00 Å². The van der Waals surface area contributed by atoms with Crippen molar-refractivity contribution in [2.45, 2.75) is 39.5 Å². The highest BCUT2D eigenvalue weighted by Crippen LogP contribution is 2.34. The lowest BCUT2D eigenvalue weighted by Gasteiger charge is -2.01. The van der Waals surface area contributed by atoms with Crippen LogP contribution in [0.3, 0.4) is 0 Å². The summed E-state index contributed by atoms with van der Waals surface area (Å²) in [6.45, 7) is 3.84. The number of rotatable bonds is 6. The molecule has 0 aliphatic carbocycles. The van der Waals surface area contributed by atoms with Crippen molar-refractivity contribution >= 4 is 27.9 Å². The van der Waals surface area contributed by atoms with E-state index in [0.717, 1.165) is 24.1 Å². The lowest BCUT2D eigenvalue weighted by atomic mass is 10.2. The van der Waals surface area contributed by atoms with Crippen molar-refractivity contribution < 1.29 is 9.72 Å². The Morgan fingerprint density at radius 1 is 1.53 bits per heavy atom. The Morgan fingerprint density at radius 3 is 2.82 bits per heavy atom. The molecule has 1 rings (SSSR count). The summed E-state index contributed by atoms with van der Waals surface area (Å²) >= 11 is 1.24. The molecule has 1 heterocycles. The molecule has 0 bridgehead atoms. The van der Waals surface area contributed by atoms with Crippen LogP contribution in [0, 0.1) is 17.0 Å². The average Bonchev–Trinajstić information content (AvgIpc) is 2.60. The Morgan fingerprint density at radius 2 is 2.24 bits per heavy atom. The van der Waals surface area contributed by atoms with Crippen LogP contribution in [-0.2, 0) is 4.79 Å². The molecule has 0 unspecified atom stereocenters. The van der Waals surface area contributed by atoms with Gasteiger partial charge in [-0.2, -0.15) is 0 Å². The van der Waals surface area contributed by atoms with E-state index in [9.17, 15) is 14.9 Å². The number of nitro groups is 1. The summed E-state index contributed by atoms with van der Waals surface area (Å²) in [6.07, 6.45) is 3.28. The maximum Gasteiger partial charge on any atom is 0.304 e. The summed E-state index contributed by atoms with van der Waals surface area (Å²) in [5.74, 6) is -0.150. The second-order valence-electron chi connectivity index (χ2n) is 3.83. The number of hydrogen-bond acceptors (Lipinski definition) is 4. The lowest BCUT2D eigenvalue weighted by molar-refractivity contribution is -0.383. The van der Waals surface area contributed by atoms with Crippen molar-refractivity contribution in [2.24, 2.45) is 0 Å². The van der Waals surface area contributed by atoms with Crippen LogP contribution in [0.25, 0.3) is 0 Å². The molecule has 94 valence electrons. The Hall–Kier alpha value is -1.43. The first kappa shape index (κ1) is 13.6. The number of carbonyl (C=O) groups excluding carboxylic acids is 1. The molecule has 1 amide bonds. The zero-order valence-electron chi connectivity index (χ0n) is 9.99. The first-order valence-electron chi connectivity index (χ1n) is 5.59. The van der Waals surface area contributed by atoms with Crippen LogP contribution < -0.4 is 5.32 Å². The van der Waals surface area contributed by atoms with Crippen molar-refractivity contribution in [1.29, 1.82) is 0 Å². The molecule has 0 aliphatic heterocycles. The molecule has 1 aromatic heterocycles. The van der Waals surface area contributed by atoms with Gasteiger partial charge in [-0.3, -0.25) is 14.9 Å². The van der Waals surface area contributed by atoms with E-state index in [1.54, 1.807) is 6.92 Å². The minimum absolute atomic E-state index is 0.0173. The Bertz CT molecular complexity index is 415. The van der Waals surface area contributed by atoms with Gasteiger partial charge in [-0.25, -0.2) is 0 Å². The van der Waals surface area contributed by atoms with Gasteiger partial charge in [0, 0.05) is 17.4 Å². The second kappa shape index (κ2) is 6.34. The van der Waals surface area contributed by atoms with E-state index in [4.69, 9.17) is 0 Å². The lowest BCUT2D eigenvalue weighted by Crippen LogP contribution is -2.10. The van der Waals surface area contributed by atoms with E-state index in [-0.39, 0.29) is 11.6 Å². The summed E-state index contributed by atoms with van der Waals surface area (Å²) in [4.78, 5) is 22.6. The van der Waals surface area contributed by atoms with Crippen LogP contribution in [-0.4, -0.2) is 10.8 Å². The van der Waals surface area contributed by atoms with E-state index in [2.05, 4.69) is 12.2 Å². The minimum atomic E-state index is -0.467. The van der Waals surface area contributed by atoms with Gasteiger partial charge in [-0.05, 0) is 13.3 Å². The first-order valence-corrected chi connectivity index (χ1v) is 6.41. The molecule has 1 aromatic rings. The largest absolute Gasteiger partial charge is 0.312 e. The van der Waals surface area contributed by atoms with Crippen LogP contribution in [0.15, 0.2) is 6.07 Å². The number of nitrogens with zero attached hydrogens (tertiary/aromatic N) is 1. The van der Waals surface area contributed by atoms with Gasteiger partial charge in [0.05, 0.1) is 4.92 Å². The third kappa shape index (κ3) is 4.14. The number of thiophene rings is 1. The molecule has 0 aromatic carbocycles. The molecule has 0 spiro atoms. The SMILES string of the molecule is CCCCCC(=O)Nc1sc(C)cc1[N+](=O)[O-]. The van der Waals surface area contributed by atoms with Crippen LogP contribution in [0.1, 0.15) is 37.5 Å². The van der Waals surface area contributed by atoms with Crippen LogP contribution >= 0.6 is 11.3 Å². The molecule has 0 saturated heterocycles. The fraction of sp³-hybridized carbons (Fsp3) is 0.545. The molecule has 0 saturated carbocycles. The second-order valence-corrected chi connectivity index (χ2v) is 5.09. The molecule has 5 nitrogen and oxygen atoms in total. The van der Waals surface area contributed by atoms with E-state index in [1.807, 2.05) is 0 Å². The van der Waals surface area contributed by atoms with Gasteiger partial charge in [0.2, 0.25) is 5.91 Å². The molecular formula is C11H16N2O3S. The monoisotopic (exact) mass is 256 g/mol. The third-order valence-corrected chi connectivity index (χ3v) is 3.25. The average molecular weight is 256 g/mol. The Balaban J connectivity index is 2.61. The maximum atomic E-state index is 11.5. The highest BCUT2D eigenvalue weighted by molar-refractivity contribution is 7.16. The molecular weight excluding hydrogens is 240 g/mol. The van der Waals surface area contributed by atoms with Crippen molar-refractivity contribution in [1.82, 2.24) is 0 Å². The summed E-state index contributed by atoms with van der Waals surface area (Å²) in [5, 5.41) is 13.7. The molecule has 1 N–H and O–H groups in total. The Labute approximate surface area is 104 Å². The highest BCUT2D eigenvalue weighted by atomic mass is 32.1. The van der Waals surface area contributed by atoms with E-state index in [1.165, 1.54) is 17.4 Å². The molecule has 0 radical (unpaired) electrons. The van der Waals surface area contributed by atoms with Crippen molar-refractivity contribution in [3.8, 4) is 0 Å². The number of carbonyl (C=O) groups is 1. The molecule has 0 atom stereocenters. The van der Waals surface area contributed by atoms with Crippen LogP contribution in [0.4, 0.5) is 10.7 Å². The van der Waals surface area contributed by atoms with Crippen molar-refractivity contribution in [3.63, 3.8) is 0 Å². The predicted molar refractivity (Wildman–Crippen MR) is 68.5 cm³/mol. The standard InChI is InChI=1S/C11H16N2O3S/c1-3-4-5-6-10(14)12-11-9(13(15)16)7-8(2)17-11/h7H,3-6H2,1-2H3,(H,12,14). The van der Waals surface area contributed by atoms with E-state index in [0.29, 0.717) is 11.4 Å². The minimum Gasteiger partial charge on any atom is -0.312 e. The number of aryl methyl sites for hydroxylation is 1. The van der Waals surface area contributed by atoms with Crippen molar-refractivity contribution in [3.05, 3.63) is 21.1 Å². The zero-order valence-corrected chi connectivity index (χ0v) is 10.8. The molecule has 17 heavy (non-hydrogen) atoms. The van der Waals surface area contributed by atoms with Crippen molar-refractivity contribution in [2.75, 3.05) is 5.32 Å². The molecule has 0 aliphatic rings. The topological polar surface area (TPSA) is 72.2 Å². The van der Waals surface area contributed by atoms with E-state index < -0.39 is 4.92 Å². The molecule has 6 heteroatoms. The smallest absolute Gasteiger partial charge is 0.304 e. The summed E-state index contributed by atoms with van der Waals surface area (Å²) in [5.41, 5.74) is -0.0173. The van der Waals surface area contributed by atoms with Crippen LogP contribution in [0.2, 0.25) is 0 Å². The number of anilines is 1. The Kier molecular flexibility index (Phi) is 5.09. The normalized spacial score (nSPS) is 10.2. The summed E-state index contributed by atoms with van der Waals surface area (Å²) in [6, 6.07) is 1.48. The predicted octanol–water partition coefficient (Wildman–Crippen LogP) is 3.48. The van der Waals surface area contributed by atoms with Crippen LogP contribution in [0.5, 0.6) is 0 Å². The van der Waals surface area contributed by atoms with Gasteiger partial charge < -0.3 is 5.32 Å². The van der Waals surface area contributed by atoms with Gasteiger partial charge in [-0.15, -0.1) is 11.3 Å². The van der Waals surface area contributed by atoms with Gasteiger partial charge in [0.1, 0.15) is 0 Å². The third-order valence-electron chi connectivity index (χ3n) is 2.29. The van der Waals surface area contributed by atoms with E-state index >= 15 is 0 Å². The van der Waals surface area contributed by atoms with Gasteiger partial charge >= 0.3 is 5.69 Å². The maximum absolute atomic E-state index is 11.5. The highest BCUT2D eigenvalue weighted by Gasteiger charge is 2.18. The van der Waals surface area contributed by atoms with Gasteiger partial charge in [0.25, 0.3) is 0 Å². The quantitative estimate of drug-likeness (QED) is 0.481.